The summed E-state index contributed by atoms with van der Waals surface area (Å²) >= 11 is 1.70. The second-order valence-electron chi connectivity index (χ2n) is 5.22. The van der Waals surface area contributed by atoms with E-state index in [4.69, 9.17) is 0 Å². The summed E-state index contributed by atoms with van der Waals surface area (Å²) in [6.07, 6.45) is 3.07. The van der Waals surface area contributed by atoms with E-state index in [-0.39, 0.29) is 24.0 Å². The van der Waals surface area contributed by atoms with Crippen molar-refractivity contribution >= 4 is 41.3 Å². The molecule has 0 fully saturated rings. The Labute approximate surface area is 156 Å². The fraction of sp³-hybridized carbons (Fsp3) is 0.733. The number of hydrogen-bond acceptors (Lipinski definition) is 4. The standard InChI is InChI=1S/C15H29N5S.HI/c1-6-12(3)20(5)9-8-17-15(16-7-2)19-11-14-18-10-13(4)21-14;/h10,12H,6-9,11H2,1-5H3,(H2,16,17,19);1H. The minimum Gasteiger partial charge on any atom is -0.357 e. The molecule has 1 unspecified atom stereocenters. The van der Waals surface area contributed by atoms with Crippen molar-refractivity contribution in [1.82, 2.24) is 20.5 Å². The molecule has 0 spiro atoms. The fourth-order valence-corrected chi connectivity index (χ4v) is 2.56. The van der Waals surface area contributed by atoms with Gasteiger partial charge in [0.25, 0.3) is 0 Å². The third kappa shape index (κ3) is 8.28. The predicted octanol–water partition coefficient (Wildman–Crippen LogP) is 2.85. The van der Waals surface area contributed by atoms with Crippen LogP contribution < -0.4 is 10.6 Å². The first-order valence-corrected chi connectivity index (χ1v) is 8.52. The summed E-state index contributed by atoms with van der Waals surface area (Å²) in [5.41, 5.74) is 0. The predicted molar refractivity (Wildman–Crippen MR) is 107 cm³/mol. The van der Waals surface area contributed by atoms with Crippen LogP contribution in [0.3, 0.4) is 0 Å². The number of aliphatic imine (C=N–C) groups is 1. The van der Waals surface area contributed by atoms with Gasteiger partial charge in [0.1, 0.15) is 5.01 Å². The molecule has 5 nitrogen and oxygen atoms in total. The Morgan fingerprint density at radius 3 is 2.68 bits per heavy atom. The van der Waals surface area contributed by atoms with E-state index in [1.54, 1.807) is 11.3 Å². The van der Waals surface area contributed by atoms with Gasteiger partial charge >= 0.3 is 0 Å². The topological polar surface area (TPSA) is 52.6 Å². The minimum absolute atomic E-state index is 0. The van der Waals surface area contributed by atoms with Crippen molar-refractivity contribution in [2.75, 3.05) is 26.7 Å². The molecule has 1 rings (SSSR count). The molecule has 1 aromatic heterocycles. The first kappa shape index (κ1) is 21.6. The zero-order chi connectivity index (χ0) is 15.7. The number of hydrogen-bond donors (Lipinski definition) is 2. The monoisotopic (exact) mass is 439 g/mol. The summed E-state index contributed by atoms with van der Waals surface area (Å²) in [4.78, 5) is 12.5. The van der Waals surface area contributed by atoms with Crippen molar-refractivity contribution in [3.05, 3.63) is 16.1 Å². The number of thiazole rings is 1. The van der Waals surface area contributed by atoms with Crippen molar-refractivity contribution in [2.45, 2.75) is 46.7 Å². The SMILES string of the molecule is CCNC(=NCc1ncc(C)s1)NCCN(C)C(C)CC.I. The van der Waals surface area contributed by atoms with Gasteiger partial charge < -0.3 is 15.5 Å². The summed E-state index contributed by atoms with van der Waals surface area (Å²) in [6.45, 7) is 12.0. The molecule has 1 heterocycles. The van der Waals surface area contributed by atoms with Gasteiger partial charge in [0, 0.05) is 36.8 Å². The van der Waals surface area contributed by atoms with Gasteiger partial charge in [-0.15, -0.1) is 35.3 Å². The summed E-state index contributed by atoms with van der Waals surface area (Å²) in [5, 5.41) is 7.71. The molecule has 2 N–H and O–H groups in total. The molecule has 0 amide bonds. The van der Waals surface area contributed by atoms with E-state index >= 15 is 0 Å². The molecule has 0 aliphatic carbocycles. The number of aromatic nitrogens is 1. The maximum absolute atomic E-state index is 4.58. The first-order valence-electron chi connectivity index (χ1n) is 7.70. The van der Waals surface area contributed by atoms with E-state index in [2.05, 4.69) is 60.3 Å². The third-order valence-electron chi connectivity index (χ3n) is 3.49. The van der Waals surface area contributed by atoms with Crippen LogP contribution in [0.5, 0.6) is 0 Å². The third-order valence-corrected chi connectivity index (χ3v) is 4.38. The molecule has 1 atom stereocenters. The molecular formula is C15H30IN5S. The van der Waals surface area contributed by atoms with Crippen molar-refractivity contribution in [1.29, 1.82) is 0 Å². The molecule has 22 heavy (non-hydrogen) atoms. The Hall–Kier alpha value is -0.410. The highest BCUT2D eigenvalue weighted by atomic mass is 127. The Morgan fingerprint density at radius 1 is 1.41 bits per heavy atom. The van der Waals surface area contributed by atoms with E-state index < -0.39 is 0 Å². The summed E-state index contributed by atoms with van der Waals surface area (Å²) in [6, 6.07) is 0.615. The lowest BCUT2D eigenvalue weighted by atomic mass is 10.2. The molecule has 0 aliphatic heterocycles. The molecule has 128 valence electrons. The first-order chi connectivity index (χ1) is 10.1. The smallest absolute Gasteiger partial charge is 0.191 e. The average Bonchev–Trinajstić information content (AvgIpc) is 2.89. The van der Waals surface area contributed by atoms with Crippen molar-refractivity contribution in [3.8, 4) is 0 Å². The second-order valence-corrected chi connectivity index (χ2v) is 6.54. The van der Waals surface area contributed by atoms with Crippen LogP contribution in [-0.2, 0) is 6.54 Å². The van der Waals surface area contributed by atoms with Gasteiger partial charge in [-0.1, -0.05) is 6.92 Å². The number of halogens is 1. The molecule has 0 aromatic carbocycles. The van der Waals surface area contributed by atoms with E-state index in [0.29, 0.717) is 12.6 Å². The Balaban J connectivity index is 0.00000441. The maximum atomic E-state index is 4.58. The van der Waals surface area contributed by atoms with E-state index in [0.717, 1.165) is 30.6 Å². The average molecular weight is 439 g/mol. The highest BCUT2D eigenvalue weighted by Gasteiger charge is 2.06. The number of nitrogens with zero attached hydrogens (tertiary/aromatic N) is 3. The normalized spacial score (nSPS) is 12.9. The minimum atomic E-state index is 0. The lowest BCUT2D eigenvalue weighted by molar-refractivity contribution is 0.255. The van der Waals surface area contributed by atoms with E-state index in [1.807, 2.05) is 6.20 Å². The molecule has 0 aliphatic rings. The highest BCUT2D eigenvalue weighted by molar-refractivity contribution is 14.0. The van der Waals surface area contributed by atoms with Crippen molar-refractivity contribution < 1.29 is 0 Å². The van der Waals surface area contributed by atoms with Crippen LogP contribution in [0.4, 0.5) is 0 Å². The number of aryl methyl sites for hydroxylation is 1. The summed E-state index contributed by atoms with van der Waals surface area (Å²) in [7, 11) is 2.16. The van der Waals surface area contributed by atoms with Crippen LogP contribution in [0.15, 0.2) is 11.2 Å². The number of rotatable bonds is 8. The molecular weight excluding hydrogens is 409 g/mol. The molecule has 1 aromatic rings. The number of nitrogens with one attached hydrogen (secondary N) is 2. The van der Waals surface area contributed by atoms with Gasteiger partial charge in [0.2, 0.25) is 0 Å². The van der Waals surface area contributed by atoms with Crippen LogP contribution in [-0.4, -0.2) is 48.6 Å². The Kier molecular flexibility index (Phi) is 11.8. The zero-order valence-electron chi connectivity index (χ0n) is 14.3. The molecule has 0 radical (unpaired) electrons. The van der Waals surface area contributed by atoms with Gasteiger partial charge in [-0.2, -0.15) is 0 Å². The van der Waals surface area contributed by atoms with Gasteiger partial charge in [0.15, 0.2) is 5.96 Å². The van der Waals surface area contributed by atoms with Crippen molar-refractivity contribution in [3.63, 3.8) is 0 Å². The van der Waals surface area contributed by atoms with Crippen LogP contribution in [0, 0.1) is 6.92 Å². The Morgan fingerprint density at radius 2 is 2.14 bits per heavy atom. The second kappa shape index (κ2) is 12.1. The van der Waals surface area contributed by atoms with Crippen LogP contribution in [0.25, 0.3) is 0 Å². The highest BCUT2D eigenvalue weighted by Crippen LogP contribution is 2.11. The van der Waals surface area contributed by atoms with E-state index in [1.165, 1.54) is 11.3 Å². The quantitative estimate of drug-likeness (QED) is 0.372. The van der Waals surface area contributed by atoms with Crippen LogP contribution in [0.1, 0.15) is 37.1 Å². The fourth-order valence-electron chi connectivity index (χ4n) is 1.85. The van der Waals surface area contributed by atoms with Crippen LogP contribution >= 0.6 is 35.3 Å². The lowest BCUT2D eigenvalue weighted by Crippen LogP contribution is -2.42. The maximum Gasteiger partial charge on any atom is 0.191 e. The largest absolute Gasteiger partial charge is 0.357 e. The zero-order valence-corrected chi connectivity index (χ0v) is 17.5. The van der Waals surface area contributed by atoms with Gasteiger partial charge in [-0.05, 0) is 34.2 Å². The summed E-state index contributed by atoms with van der Waals surface area (Å²) < 4.78 is 0. The van der Waals surface area contributed by atoms with Gasteiger partial charge in [0.05, 0.1) is 6.54 Å². The molecule has 0 bridgehead atoms. The number of guanidine groups is 1. The van der Waals surface area contributed by atoms with Crippen molar-refractivity contribution in [2.24, 2.45) is 4.99 Å². The number of likely N-dealkylation sites (N-methyl/N-ethyl adjacent to an activating group) is 1. The molecule has 0 saturated carbocycles. The van der Waals surface area contributed by atoms with Gasteiger partial charge in [-0.3, -0.25) is 0 Å². The van der Waals surface area contributed by atoms with Crippen LogP contribution in [0.2, 0.25) is 0 Å². The van der Waals surface area contributed by atoms with Gasteiger partial charge in [-0.25, -0.2) is 9.98 Å². The van der Waals surface area contributed by atoms with E-state index in [9.17, 15) is 0 Å². The summed E-state index contributed by atoms with van der Waals surface area (Å²) in [5.74, 6) is 0.864. The Bertz CT molecular complexity index is 435. The lowest BCUT2D eigenvalue weighted by Gasteiger charge is -2.23. The molecule has 7 heteroatoms. The molecule has 0 saturated heterocycles.